The summed E-state index contributed by atoms with van der Waals surface area (Å²) < 4.78 is 6.65. The number of methoxy groups -OCH3 is 1. The van der Waals surface area contributed by atoms with Crippen molar-refractivity contribution in [3.05, 3.63) is 93.9 Å². The van der Waals surface area contributed by atoms with E-state index in [2.05, 4.69) is 5.32 Å². The molecule has 0 fully saturated rings. The molecule has 26 heavy (non-hydrogen) atoms. The minimum absolute atomic E-state index is 0.144. The highest BCUT2D eigenvalue weighted by molar-refractivity contribution is 6.04. The van der Waals surface area contributed by atoms with Crippen LogP contribution in [0.25, 0.3) is 0 Å². The zero-order valence-electron chi connectivity index (χ0n) is 14.7. The zero-order valence-corrected chi connectivity index (χ0v) is 14.7. The van der Waals surface area contributed by atoms with Crippen LogP contribution in [-0.4, -0.2) is 17.6 Å². The van der Waals surface area contributed by atoms with Gasteiger partial charge in [-0.05, 0) is 48.4 Å². The lowest BCUT2D eigenvalue weighted by Gasteiger charge is -2.11. The van der Waals surface area contributed by atoms with E-state index in [-0.39, 0.29) is 11.5 Å². The van der Waals surface area contributed by atoms with Crippen LogP contribution >= 0.6 is 0 Å². The molecule has 0 radical (unpaired) electrons. The Morgan fingerprint density at radius 1 is 1.04 bits per heavy atom. The van der Waals surface area contributed by atoms with Gasteiger partial charge in [-0.2, -0.15) is 0 Å². The van der Waals surface area contributed by atoms with Gasteiger partial charge in [-0.1, -0.05) is 24.3 Å². The number of pyridine rings is 1. The van der Waals surface area contributed by atoms with Gasteiger partial charge >= 0.3 is 0 Å². The number of hydrogen-bond acceptors (Lipinski definition) is 3. The third kappa shape index (κ3) is 4.00. The second-order valence-electron chi connectivity index (χ2n) is 5.99. The highest BCUT2D eigenvalue weighted by Crippen LogP contribution is 2.16. The lowest BCUT2D eigenvalue weighted by atomic mass is 10.1. The van der Waals surface area contributed by atoms with Crippen molar-refractivity contribution in [2.45, 2.75) is 13.5 Å². The Morgan fingerprint density at radius 2 is 1.77 bits per heavy atom. The van der Waals surface area contributed by atoms with E-state index in [9.17, 15) is 9.59 Å². The molecule has 1 aromatic heterocycles. The zero-order chi connectivity index (χ0) is 18.5. The van der Waals surface area contributed by atoms with Gasteiger partial charge in [0.1, 0.15) is 5.75 Å². The van der Waals surface area contributed by atoms with Crippen LogP contribution in [0.15, 0.2) is 71.7 Å². The maximum absolute atomic E-state index is 12.5. The van der Waals surface area contributed by atoms with Crippen molar-refractivity contribution in [1.29, 1.82) is 0 Å². The van der Waals surface area contributed by atoms with E-state index in [0.29, 0.717) is 17.8 Å². The number of hydrogen-bond donors (Lipinski definition) is 1. The van der Waals surface area contributed by atoms with Crippen LogP contribution in [-0.2, 0) is 6.54 Å². The van der Waals surface area contributed by atoms with E-state index in [1.807, 2.05) is 31.2 Å². The molecule has 0 aliphatic heterocycles. The number of benzene rings is 2. The molecular formula is C21H20N2O3. The van der Waals surface area contributed by atoms with Crippen LogP contribution in [0.3, 0.4) is 0 Å². The lowest BCUT2D eigenvalue weighted by Crippen LogP contribution is -2.22. The summed E-state index contributed by atoms with van der Waals surface area (Å²) in [5, 5.41) is 2.82. The number of aromatic nitrogens is 1. The van der Waals surface area contributed by atoms with Gasteiger partial charge in [0.2, 0.25) is 0 Å². The number of ether oxygens (including phenoxy) is 1. The molecule has 3 aromatic rings. The van der Waals surface area contributed by atoms with Crippen LogP contribution in [0.4, 0.5) is 5.69 Å². The van der Waals surface area contributed by atoms with E-state index in [4.69, 9.17) is 4.74 Å². The Bertz CT molecular complexity index is 975. The number of nitrogens with one attached hydrogen (secondary N) is 1. The van der Waals surface area contributed by atoms with E-state index >= 15 is 0 Å². The monoisotopic (exact) mass is 348 g/mol. The van der Waals surface area contributed by atoms with Crippen molar-refractivity contribution in [1.82, 2.24) is 4.57 Å². The molecule has 132 valence electrons. The maximum Gasteiger partial charge on any atom is 0.257 e. The summed E-state index contributed by atoms with van der Waals surface area (Å²) in [6.45, 7) is 2.43. The van der Waals surface area contributed by atoms with Gasteiger partial charge in [0.05, 0.1) is 19.2 Å². The summed E-state index contributed by atoms with van der Waals surface area (Å²) in [6.07, 6.45) is 1.59. The molecule has 5 nitrogen and oxygen atoms in total. The lowest BCUT2D eigenvalue weighted by molar-refractivity contribution is 0.102. The number of rotatable bonds is 5. The summed E-state index contributed by atoms with van der Waals surface area (Å²) in [6, 6.07) is 17.9. The summed E-state index contributed by atoms with van der Waals surface area (Å²) in [5.74, 6) is 0.448. The van der Waals surface area contributed by atoms with E-state index in [0.717, 1.165) is 16.9 Å². The van der Waals surface area contributed by atoms with Gasteiger partial charge < -0.3 is 14.6 Å². The fourth-order valence-corrected chi connectivity index (χ4v) is 2.64. The minimum atomic E-state index is -0.270. The maximum atomic E-state index is 12.5. The predicted molar refractivity (Wildman–Crippen MR) is 102 cm³/mol. The highest BCUT2D eigenvalue weighted by Gasteiger charge is 2.09. The molecule has 1 N–H and O–H groups in total. The summed E-state index contributed by atoms with van der Waals surface area (Å²) >= 11 is 0. The van der Waals surface area contributed by atoms with Gasteiger partial charge in [-0.15, -0.1) is 0 Å². The van der Waals surface area contributed by atoms with Gasteiger partial charge in [0.25, 0.3) is 11.5 Å². The second-order valence-corrected chi connectivity index (χ2v) is 5.99. The molecular weight excluding hydrogens is 328 g/mol. The van der Waals surface area contributed by atoms with Gasteiger partial charge in [0.15, 0.2) is 0 Å². The first-order chi connectivity index (χ1) is 12.6. The van der Waals surface area contributed by atoms with Crippen molar-refractivity contribution >= 4 is 11.6 Å². The number of carbonyl (C=O) groups excluding carboxylic acids is 1. The molecule has 0 atom stereocenters. The number of nitrogens with zero attached hydrogens (tertiary/aromatic N) is 1. The topological polar surface area (TPSA) is 60.3 Å². The Balaban J connectivity index is 1.80. The first-order valence-electron chi connectivity index (χ1n) is 8.27. The van der Waals surface area contributed by atoms with Crippen LogP contribution in [0, 0.1) is 6.92 Å². The van der Waals surface area contributed by atoms with Crippen molar-refractivity contribution in [2.75, 3.05) is 12.4 Å². The van der Waals surface area contributed by atoms with Crippen molar-refractivity contribution < 1.29 is 9.53 Å². The molecule has 0 saturated heterocycles. The number of aryl methyl sites for hydroxylation is 1. The number of carbonyl (C=O) groups is 1. The first kappa shape index (κ1) is 17.5. The van der Waals surface area contributed by atoms with Gasteiger partial charge in [0, 0.05) is 18.0 Å². The summed E-state index contributed by atoms with van der Waals surface area (Å²) in [7, 11) is 1.59. The van der Waals surface area contributed by atoms with Crippen LogP contribution < -0.4 is 15.6 Å². The van der Waals surface area contributed by atoms with E-state index in [1.165, 1.54) is 12.1 Å². The standard InChI is InChI=1S/C21H20N2O3/c1-15-5-3-4-6-16(15)13-23-14-17(7-12-20(23)24)21(25)22-18-8-10-19(26-2)11-9-18/h3-12,14H,13H2,1-2H3,(H,22,25). The number of amides is 1. The molecule has 5 heteroatoms. The molecule has 0 bridgehead atoms. The molecule has 0 unspecified atom stereocenters. The molecule has 3 rings (SSSR count). The molecule has 0 spiro atoms. The van der Waals surface area contributed by atoms with Crippen LogP contribution in [0.2, 0.25) is 0 Å². The summed E-state index contributed by atoms with van der Waals surface area (Å²) in [5.41, 5.74) is 3.09. The average Bonchev–Trinajstić information content (AvgIpc) is 2.66. The van der Waals surface area contributed by atoms with Gasteiger partial charge in [-0.25, -0.2) is 0 Å². The highest BCUT2D eigenvalue weighted by atomic mass is 16.5. The predicted octanol–water partition coefficient (Wildman–Crippen LogP) is 3.47. The second kappa shape index (κ2) is 7.70. The molecule has 0 aliphatic carbocycles. The first-order valence-corrected chi connectivity index (χ1v) is 8.27. The van der Waals surface area contributed by atoms with E-state index in [1.54, 1.807) is 42.1 Å². The fourth-order valence-electron chi connectivity index (χ4n) is 2.64. The fraction of sp³-hybridized carbons (Fsp3) is 0.143. The molecule has 0 saturated carbocycles. The smallest absolute Gasteiger partial charge is 0.257 e. The Labute approximate surface area is 151 Å². The molecule has 0 aliphatic rings. The average molecular weight is 348 g/mol. The quantitative estimate of drug-likeness (QED) is 0.768. The molecule has 1 heterocycles. The Hall–Kier alpha value is -3.34. The minimum Gasteiger partial charge on any atom is -0.497 e. The van der Waals surface area contributed by atoms with Crippen molar-refractivity contribution in [3.63, 3.8) is 0 Å². The normalized spacial score (nSPS) is 10.4. The largest absolute Gasteiger partial charge is 0.497 e. The van der Waals surface area contributed by atoms with Gasteiger partial charge in [-0.3, -0.25) is 9.59 Å². The molecule has 1 amide bonds. The summed E-state index contributed by atoms with van der Waals surface area (Å²) in [4.78, 5) is 24.6. The Morgan fingerprint density at radius 3 is 2.46 bits per heavy atom. The SMILES string of the molecule is COc1ccc(NC(=O)c2ccc(=O)n(Cc3ccccc3C)c2)cc1. The Kier molecular flexibility index (Phi) is 5.17. The van der Waals surface area contributed by atoms with Crippen molar-refractivity contribution in [3.8, 4) is 5.75 Å². The third-order valence-corrected chi connectivity index (χ3v) is 4.20. The van der Waals surface area contributed by atoms with Crippen LogP contribution in [0.5, 0.6) is 5.75 Å². The van der Waals surface area contributed by atoms with Crippen LogP contribution in [0.1, 0.15) is 21.5 Å². The third-order valence-electron chi connectivity index (χ3n) is 4.20. The van der Waals surface area contributed by atoms with Crippen molar-refractivity contribution in [2.24, 2.45) is 0 Å². The molecule has 2 aromatic carbocycles. The van der Waals surface area contributed by atoms with E-state index < -0.39 is 0 Å². The number of anilines is 1.